The first-order valence-corrected chi connectivity index (χ1v) is 18.0. The van der Waals surface area contributed by atoms with Crippen LogP contribution in [0, 0.1) is 0 Å². The van der Waals surface area contributed by atoms with Gasteiger partial charge >= 0.3 is 0 Å². The van der Waals surface area contributed by atoms with Crippen molar-refractivity contribution in [1.82, 2.24) is 29.4 Å². The number of piperazine rings is 2. The van der Waals surface area contributed by atoms with Gasteiger partial charge in [0.1, 0.15) is 34.8 Å². The average Bonchev–Trinajstić information content (AvgIpc) is 3.15. The molecule has 14 heteroatoms. The number of hydrogen-bond donors (Lipinski definition) is 0. The molecule has 4 heterocycles. The fourth-order valence-corrected chi connectivity index (χ4v) is 6.77. The van der Waals surface area contributed by atoms with Crippen molar-refractivity contribution in [2.24, 2.45) is 0 Å². The molecule has 0 bridgehead atoms. The fraction of sp³-hybridized carbons (Fsp3) is 0.444. The summed E-state index contributed by atoms with van der Waals surface area (Å²) in [7, 11) is 0. The number of benzene rings is 2. The second-order valence-electron chi connectivity index (χ2n) is 12.4. The maximum Gasteiger partial charge on any atom is 0.287 e. The molecule has 2 fully saturated rings. The second kappa shape index (κ2) is 17.7. The quantitative estimate of drug-likeness (QED) is 0.168. The molecule has 4 aromatic rings. The van der Waals surface area contributed by atoms with Gasteiger partial charge in [0.2, 0.25) is 0 Å². The molecule has 2 aliphatic heterocycles. The lowest BCUT2D eigenvalue weighted by atomic mass is 10.2. The van der Waals surface area contributed by atoms with Crippen molar-refractivity contribution < 1.29 is 9.47 Å². The van der Waals surface area contributed by atoms with E-state index >= 15 is 0 Å². The molecule has 12 nitrogen and oxygen atoms in total. The number of halogens is 2. The highest BCUT2D eigenvalue weighted by molar-refractivity contribution is 6.33. The summed E-state index contributed by atoms with van der Waals surface area (Å²) in [5, 5.41) is 9.20. The summed E-state index contributed by atoms with van der Waals surface area (Å²) < 4.78 is 14.4. The Hall–Kier alpha value is -4.10. The van der Waals surface area contributed by atoms with Crippen molar-refractivity contribution in [2.45, 2.75) is 25.9 Å². The van der Waals surface area contributed by atoms with Crippen LogP contribution in [0.2, 0.25) is 10.0 Å². The predicted molar refractivity (Wildman–Crippen MR) is 197 cm³/mol. The smallest absolute Gasteiger partial charge is 0.287 e. The molecule has 2 aliphatic rings. The van der Waals surface area contributed by atoms with Crippen LogP contribution in [-0.4, -0.2) is 108 Å². The summed E-state index contributed by atoms with van der Waals surface area (Å²) in [5.74, 6) is 1.74. The summed E-state index contributed by atoms with van der Waals surface area (Å²) in [5.41, 5.74) is 0.706. The van der Waals surface area contributed by atoms with Crippen LogP contribution in [0.5, 0.6) is 11.5 Å². The molecule has 2 aromatic heterocycles. The van der Waals surface area contributed by atoms with Gasteiger partial charge < -0.3 is 19.3 Å². The minimum absolute atomic E-state index is 0.183. The number of aromatic nitrogens is 4. The van der Waals surface area contributed by atoms with Gasteiger partial charge in [-0.25, -0.2) is 9.36 Å². The molecule has 2 saturated heterocycles. The SMILES string of the molecule is O=c1c(Cl)c(N2CCN(CCOc3ccccc3)CC2)cnn1CCCCn1ncc(N2CCN(CCOc3ccccc3)CC2)c(Cl)c1=O. The molecular formula is C36H44Cl2N8O4. The Morgan fingerprint density at radius 1 is 0.540 bits per heavy atom. The lowest BCUT2D eigenvalue weighted by Crippen LogP contribution is -2.48. The molecule has 0 N–H and O–H groups in total. The lowest BCUT2D eigenvalue weighted by molar-refractivity contribution is 0.200. The Kier molecular flexibility index (Phi) is 12.7. The zero-order valence-electron chi connectivity index (χ0n) is 28.2. The number of unbranched alkanes of at least 4 members (excludes halogenated alkanes) is 1. The van der Waals surface area contributed by atoms with E-state index in [9.17, 15) is 9.59 Å². The number of nitrogens with zero attached hydrogens (tertiary/aromatic N) is 8. The van der Waals surface area contributed by atoms with E-state index in [0.717, 1.165) is 76.9 Å². The Morgan fingerprint density at radius 2 is 0.920 bits per heavy atom. The Bertz CT molecular complexity index is 1650. The summed E-state index contributed by atoms with van der Waals surface area (Å²) >= 11 is 13.1. The number of anilines is 2. The van der Waals surface area contributed by atoms with E-state index in [1.54, 1.807) is 12.4 Å². The average molecular weight is 724 g/mol. The van der Waals surface area contributed by atoms with Crippen LogP contribution < -0.4 is 30.4 Å². The molecule has 266 valence electrons. The van der Waals surface area contributed by atoms with Gasteiger partial charge in [-0.15, -0.1) is 0 Å². The van der Waals surface area contributed by atoms with E-state index in [0.29, 0.717) is 50.5 Å². The van der Waals surface area contributed by atoms with E-state index in [1.165, 1.54) is 9.36 Å². The molecule has 2 aromatic carbocycles. The Morgan fingerprint density at radius 3 is 1.30 bits per heavy atom. The van der Waals surface area contributed by atoms with Crippen LogP contribution in [0.15, 0.2) is 82.6 Å². The third-order valence-corrected chi connectivity index (χ3v) is 9.90. The van der Waals surface area contributed by atoms with E-state index in [1.807, 2.05) is 60.7 Å². The summed E-state index contributed by atoms with van der Waals surface area (Å²) in [6, 6.07) is 19.6. The Labute approximate surface area is 302 Å². The molecule has 0 radical (unpaired) electrons. The first-order chi connectivity index (χ1) is 24.5. The minimum Gasteiger partial charge on any atom is -0.492 e. The van der Waals surface area contributed by atoms with Gasteiger partial charge in [0, 0.05) is 78.5 Å². The van der Waals surface area contributed by atoms with Gasteiger partial charge in [0.25, 0.3) is 11.1 Å². The van der Waals surface area contributed by atoms with Crippen molar-refractivity contribution in [3.63, 3.8) is 0 Å². The molecule has 0 atom stereocenters. The predicted octanol–water partition coefficient (Wildman–Crippen LogP) is 3.99. The zero-order chi connectivity index (χ0) is 34.7. The zero-order valence-corrected chi connectivity index (χ0v) is 29.7. The summed E-state index contributed by atoms with van der Waals surface area (Å²) in [6.45, 7) is 10.1. The van der Waals surface area contributed by atoms with Crippen molar-refractivity contribution >= 4 is 34.6 Å². The van der Waals surface area contributed by atoms with Crippen molar-refractivity contribution in [3.05, 3.63) is 104 Å². The minimum atomic E-state index is -0.311. The standard InChI is InChI=1S/C36H44Cl2N8O4/c37-33-31(43-19-15-41(16-20-43)23-25-49-29-9-3-1-4-10-29)27-39-45(35(33)47)13-7-8-14-46-36(48)34(38)32(28-40-46)44-21-17-42(18-22-44)24-26-50-30-11-5-2-6-12-30/h1-6,9-12,27-28H,7-8,13-26H2. The highest BCUT2D eigenvalue weighted by atomic mass is 35.5. The van der Waals surface area contributed by atoms with Crippen LogP contribution in [0.3, 0.4) is 0 Å². The maximum atomic E-state index is 13.1. The highest BCUT2D eigenvalue weighted by Gasteiger charge is 2.23. The van der Waals surface area contributed by atoms with Crippen LogP contribution >= 0.6 is 23.2 Å². The molecule has 0 amide bonds. The number of para-hydroxylation sites is 2. The van der Waals surface area contributed by atoms with E-state index in [2.05, 4.69) is 29.8 Å². The Balaban J connectivity index is 0.917. The third kappa shape index (κ3) is 9.36. The first kappa shape index (κ1) is 35.7. The largest absolute Gasteiger partial charge is 0.492 e. The first-order valence-electron chi connectivity index (χ1n) is 17.3. The van der Waals surface area contributed by atoms with Crippen LogP contribution in [0.1, 0.15) is 12.8 Å². The number of hydrogen-bond acceptors (Lipinski definition) is 10. The van der Waals surface area contributed by atoms with Gasteiger partial charge in [-0.05, 0) is 37.1 Å². The van der Waals surface area contributed by atoms with Gasteiger partial charge in [0.15, 0.2) is 0 Å². The van der Waals surface area contributed by atoms with E-state index < -0.39 is 0 Å². The van der Waals surface area contributed by atoms with E-state index in [4.69, 9.17) is 32.7 Å². The van der Waals surface area contributed by atoms with Crippen LogP contribution in [-0.2, 0) is 13.1 Å². The third-order valence-electron chi connectivity index (χ3n) is 9.19. The number of ether oxygens (including phenoxy) is 2. The normalized spacial score (nSPS) is 15.7. The van der Waals surface area contributed by atoms with Crippen molar-refractivity contribution in [3.8, 4) is 11.5 Å². The molecule has 0 spiro atoms. The van der Waals surface area contributed by atoms with Gasteiger partial charge in [-0.3, -0.25) is 19.4 Å². The van der Waals surface area contributed by atoms with Crippen molar-refractivity contribution in [1.29, 1.82) is 0 Å². The van der Waals surface area contributed by atoms with E-state index in [-0.39, 0.29) is 21.2 Å². The topological polar surface area (TPSA) is 101 Å². The monoisotopic (exact) mass is 722 g/mol. The number of aryl methyl sites for hydroxylation is 2. The second-order valence-corrected chi connectivity index (χ2v) is 13.2. The van der Waals surface area contributed by atoms with Gasteiger partial charge in [-0.1, -0.05) is 59.6 Å². The fourth-order valence-electron chi connectivity index (χ4n) is 6.24. The molecule has 0 unspecified atom stereocenters. The van der Waals surface area contributed by atoms with Crippen LogP contribution in [0.4, 0.5) is 11.4 Å². The molecule has 0 aliphatic carbocycles. The van der Waals surface area contributed by atoms with Gasteiger partial charge in [0.05, 0.1) is 23.8 Å². The maximum absolute atomic E-state index is 13.1. The summed E-state index contributed by atoms with van der Waals surface area (Å²) in [4.78, 5) is 35.1. The lowest BCUT2D eigenvalue weighted by Gasteiger charge is -2.36. The molecular weight excluding hydrogens is 679 g/mol. The highest BCUT2D eigenvalue weighted by Crippen LogP contribution is 2.24. The summed E-state index contributed by atoms with van der Waals surface area (Å²) in [6.07, 6.45) is 4.60. The molecule has 50 heavy (non-hydrogen) atoms. The number of rotatable bonds is 15. The van der Waals surface area contributed by atoms with Crippen molar-refractivity contribution in [2.75, 3.05) is 88.5 Å². The molecule has 0 saturated carbocycles. The van der Waals surface area contributed by atoms with Gasteiger partial charge in [-0.2, -0.15) is 10.2 Å². The van der Waals surface area contributed by atoms with Crippen LogP contribution in [0.25, 0.3) is 0 Å². The molecule has 6 rings (SSSR count).